The number of fused-ring (bicyclic) bond motifs is 1. The van der Waals surface area contributed by atoms with Crippen LogP contribution in [0.4, 0.5) is 0 Å². The summed E-state index contributed by atoms with van der Waals surface area (Å²) < 4.78 is 7.78. The van der Waals surface area contributed by atoms with Gasteiger partial charge in [0.2, 0.25) is 9.70 Å². The Morgan fingerprint density at radius 2 is 2.04 bits per heavy atom. The van der Waals surface area contributed by atoms with E-state index in [0.29, 0.717) is 10.5 Å². The van der Waals surface area contributed by atoms with Crippen molar-refractivity contribution in [2.24, 2.45) is 0 Å². The van der Waals surface area contributed by atoms with Crippen molar-refractivity contribution >= 4 is 70.8 Å². The predicted octanol–water partition coefficient (Wildman–Crippen LogP) is 1.61. The highest BCUT2D eigenvalue weighted by molar-refractivity contribution is 8.04. The van der Waals surface area contributed by atoms with Gasteiger partial charge in [0.1, 0.15) is 30.0 Å². The van der Waals surface area contributed by atoms with Crippen molar-refractivity contribution in [1.82, 2.24) is 10.2 Å². The molecule has 1 N–H and O–H groups in total. The number of rotatable bonds is 5. The lowest BCUT2D eigenvalue weighted by Gasteiger charge is -2.49. The number of halogens is 3. The van der Waals surface area contributed by atoms with Crippen LogP contribution in [0.15, 0.2) is 22.4 Å². The molecule has 8 nitrogen and oxygen atoms in total. The van der Waals surface area contributed by atoms with Gasteiger partial charge in [-0.3, -0.25) is 19.3 Å². The summed E-state index contributed by atoms with van der Waals surface area (Å²) >= 11 is 17.9. The van der Waals surface area contributed by atoms with Crippen LogP contribution in [0.2, 0.25) is 0 Å². The summed E-state index contributed by atoms with van der Waals surface area (Å²) in [7, 11) is 0. The van der Waals surface area contributed by atoms with Crippen molar-refractivity contribution < 1.29 is 28.7 Å². The zero-order valence-corrected chi connectivity index (χ0v) is 16.5. The van der Waals surface area contributed by atoms with Gasteiger partial charge in [0.15, 0.2) is 0 Å². The third-order valence-corrected chi connectivity index (χ3v) is 5.11. The van der Waals surface area contributed by atoms with Crippen LogP contribution in [-0.4, -0.2) is 51.0 Å². The molecule has 2 rings (SSSR count). The fourth-order valence-corrected chi connectivity index (χ4v) is 3.81. The maximum Gasteiger partial charge on any atom is 0.355 e. The molecule has 0 radical (unpaired) electrons. The van der Waals surface area contributed by atoms with Crippen LogP contribution in [0.3, 0.4) is 0 Å². The molecule has 12 heteroatoms. The maximum atomic E-state index is 12.5. The molecule has 2 heterocycles. The van der Waals surface area contributed by atoms with E-state index in [1.165, 1.54) is 11.8 Å². The Labute approximate surface area is 167 Å². The molecule has 0 spiro atoms. The number of esters is 1. The van der Waals surface area contributed by atoms with E-state index in [2.05, 4.69) is 10.1 Å². The van der Waals surface area contributed by atoms with Gasteiger partial charge in [-0.15, -0.1) is 0 Å². The molecular formula is C14H13Cl3N2O6S. The van der Waals surface area contributed by atoms with Crippen molar-refractivity contribution in [2.45, 2.75) is 29.1 Å². The van der Waals surface area contributed by atoms with Gasteiger partial charge in [-0.2, -0.15) is 0 Å². The normalized spacial score (nSPS) is 24.0. The lowest BCUT2D eigenvalue weighted by atomic mass is 10.0. The molecule has 0 aromatic heterocycles. The first-order chi connectivity index (χ1) is 12.1. The van der Waals surface area contributed by atoms with E-state index in [4.69, 9.17) is 39.5 Å². The number of amides is 2. The Balaban J connectivity index is 2.34. The zero-order valence-electron chi connectivity index (χ0n) is 13.5. The summed E-state index contributed by atoms with van der Waals surface area (Å²) in [6.07, 6.45) is 1.14. The average molecular weight is 444 g/mol. The SMILES string of the molecule is CC(=O)NC1C(=O)N2C(C(=O)OCC(Cl)(Cl)Cl)=C(C)C(=COC=O)S[C@@H]12. The van der Waals surface area contributed by atoms with Crippen molar-refractivity contribution in [3.8, 4) is 0 Å². The molecule has 0 bridgehead atoms. The van der Waals surface area contributed by atoms with Gasteiger partial charge >= 0.3 is 5.97 Å². The summed E-state index contributed by atoms with van der Waals surface area (Å²) in [5.41, 5.74) is 0.271. The quantitative estimate of drug-likeness (QED) is 0.226. The van der Waals surface area contributed by atoms with Crippen LogP contribution in [0.25, 0.3) is 0 Å². The Morgan fingerprint density at radius 3 is 2.58 bits per heavy atom. The van der Waals surface area contributed by atoms with Crippen LogP contribution in [-0.2, 0) is 28.7 Å². The van der Waals surface area contributed by atoms with Gasteiger partial charge in [0.25, 0.3) is 12.4 Å². The van der Waals surface area contributed by atoms with E-state index >= 15 is 0 Å². The van der Waals surface area contributed by atoms with Crippen LogP contribution in [0.5, 0.6) is 0 Å². The molecular weight excluding hydrogens is 431 g/mol. The number of ether oxygens (including phenoxy) is 2. The van der Waals surface area contributed by atoms with Gasteiger partial charge in [-0.1, -0.05) is 46.6 Å². The largest absolute Gasteiger partial charge is 0.456 e. The van der Waals surface area contributed by atoms with E-state index in [9.17, 15) is 19.2 Å². The maximum absolute atomic E-state index is 12.5. The van der Waals surface area contributed by atoms with Crippen LogP contribution >= 0.6 is 46.6 Å². The molecule has 1 unspecified atom stereocenters. The minimum absolute atomic E-state index is 0.0737. The molecule has 1 saturated heterocycles. The molecule has 0 aromatic rings. The summed E-state index contributed by atoms with van der Waals surface area (Å²) in [4.78, 5) is 48.2. The topological polar surface area (TPSA) is 102 Å². The molecule has 0 saturated carbocycles. The van der Waals surface area contributed by atoms with E-state index in [-0.39, 0.29) is 12.2 Å². The number of thioether (sulfide) groups is 1. The van der Waals surface area contributed by atoms with Gasteiger partial charge in [-0.05, 0) is 12.5 Å². The fourth-order valence-electron chi connectivity index (χ4n) is 2.36. The lowest BCUT2D eigenvalue weighted by molar-refractivity contribution is -0.152. The van der Waals surface area contributed by atoms with Crippen LogP contribution in [0.1, 0.15) is 13.8 Å². The molecule has 2 aliphatic heterocycles. The van der Waals surface area contributed by atoms with Gasteiger partial charge in [0.05, 0.1) is 0 Å². The predicted molar refractivity (Wildman–Crippen MR) is 95.0 cm³/mol. The number of β-lactam (4-membered cyclic amide) rings is 1. The van der Waals surface area contributed by atoms with Crippen molar-refractivity contribution in [3.05, 3.63) is 22.4 Å². The molecule has 2 aliphatic rings. The second-order valence-electron chi connectivity index (χ2n) is 5.27. The summed E-state index contributed by atoms with van der Waals surface area (Å²) in [6.45, 7) is 2.51. The average Bonchev–Trinajstić information content (AvgIpc) is 2.55. The molecule has 2 atom stereocenters. The van der Waals surface area contributed by atoms with Gasteiger partial charge in [-0.25, -0.2) is 4.79 Å². The number of nitrogens with one attached hydrogen (secondary N) is 1. The van der Waals surface area contributed by atoms with E-state index in [1.54, 1.807) is 6.92 Å². The van der Waals surface area contributed by atoms with Crippen LogP contribution in [0, 0.1) is 0 Å². The minimum atomic E-state index is -1.82. The first-order valence-electron chi connectivity index (χ1n) is 7.08. The summed E-state index contributed by atoms with van der Waals surface area (Å²) in [5, 5.41) is 1.90. The van der Waals surface area contributed by atoms with Crippen molar-refractivity contribution in [3.63, 3.8) is 0 Å². The standard InChI is InChI=1S/C14H13Cl3N2O6S/c1-6-8(3-24-5-20)26-12-9(18-7(2)21)11(22)19(12)10(6)13(23)25-4-14(15,16)17/h3,5,9,12H,4H2,1-2H3,(H,18,21)/t9?,12-/m0/s1. The zero-order chi connectivity index (χ0) is 19.6. The highest BCUT2D eigenvalue weighted by Crippen LogP contribution is 2.46. The van der Waals surface area contributed by atoms with Crippen LogP contribution < -0.4 is 5.32 Å². The lowest BCUT2D eigenvalue weighted by Crippen LogP contribution is -2.70. The first kappa shape index (κ1) is 20.9. The van der Waals surface area contributed by atoms with Crippen molar-refractivity contribution in [2.75, 3.05) is 6.61 Å². The summed E-state index contributed by atoms with van der Waals surface area (Å²) in [6, 6.07) is -0.832. The second kappa shape index (κ2) is 8.08. The summed E-state index contributed by atoms with van der Waals surface area (Å²) in [5.74, 6) is -1.76. The molecule has 0 aromatic carbocycles. The smallest absolute Gasteiger partial charge is 0.355 e. The number of carbonyl (C=O) groups is 4. The number of carbonyl (C=O) groups excluding carboxylic acids is 4. The Hall–Kier alpha value is -1.42. The Morgan fingerprint density at radius 1 is 1.38 bits per heavy atom. The van der Waals surface area contributed by atoms with Gasteiger partial charge < -0.3 is 14.8 Å². The van der Waals surface area contributed by atoms with E-state index in [1.807, 2.05) is 0 Å². The third-order valence-electron chi connectivity index (χ3n) is 3.41. The molecule has 142 valence electrons. The Bertz CT molecular complexity index is 718. The first-order valence-corrected chi connectivity index (χ1v) is 9.09. The molecule has 2 amide bonds. The monoisotopic (exact) mass is 442 g/mol. The molecule has 1 fully saturated rings. The van der Waals surface area contributed by atoms with E-state index < -0.39 is 39.6 Å². The number of nitrogens with zero attached hydrogens (tertiary/aromatic N) is 1. The second-order valence-corrected chi connectivity index (χ2v) is 8.95. The Kier molecular flexibility index (Phi) is 6.49. The number of allylic oxidation sites excluding steroid dienone is 1. The van der Waals surface area contributed by atoms with E-state index in [0.717, 1.165) is 18.0 Å². The number of alkyl halides is 3. The van der Waals surface area contributed by atoms with Gasteiger partial charge in [0, 0.05) is 11.8 Å². The minimum Gasteiger partial charge on any atom is -0.456 e. The highest BCUT2D eigenvalue weighted by atomic mass is 35.6. The van der Waals surface area contributed by atoms with Crippen molar-refractivity contribution in [1.29, 1.82) is 0 Å². The molecule has 26 heavy (non-hydrogen) atoms. The highest BCUT2D eigenvalue weighted by Gasteiger charge is 2.55. The fraction of sp³-hybridized carbons (Fsp3) is 0.429. The third kappa shape index (κ3) is 4.46. The molecule has 0 aliphatic carbocycles. The number of hydrogen-bond donors (Lipinski definition) is 1. The number of hydrogen-bond acceptors (Lipinski definition) is 7.